The number of nitrogens with zero attached hydrogens (tertiary/aromatic N) is 1. The molecule has 1 heterocycles. The number of aromatic nitrogens is 1. The molecule has 0 saturated heterocycles. The van der Waals surface area contributed by atoms with Crippen molar-refractivity contribution in [3.63, 3.8) is 0 Å². The molecule has 1 aromatic heterocycles. The Morgan fingerprint density at radius 1 is 1.58 bits per heavy atom. The van der Waals surface area contributed by atoms with Gasteiger partial charge in [-0.3, -0.25) is 0 Å². The average Bonchev–Trinajstić information content (AvgIpc) is 2.41. The van der Waals surface area contributed by atoms with Crippen LogP contribution >= 0.6 is 11.6 Å². The van der Waals surface area contributed by atoms with E-state index in [0.717, 1.165) is 18.8 Å². The van der Waals surface area contributed by atoms with E-state index in [2.05, 4.69) is 17.2 Å². The molecule has 1 fully saturated rings. The predicted octanol–water partition coefficient (Wildman–Crippen LogP) is 3.81. The van der Waals surface area contributed by atoms with Crippen LogP contribution < -0.4 is 5.32 Å². The van der Waals surface area contributed by atoms with Crippen molar-refractivity contribution >= 4 is 23.4 Å². The number of nitrogens with one attached hydrogen (secondary N) is 1. The van der Waals surface area contributed by atoms with Crippen LogP contribution in [0.2, 0.25) is 5.02 Å². The molecule has 0 bridgehead atoms. The molecule has 1 aliphatic carbocycles. The lowest BCUT2D eigenvalue weighted by molar-refractivity contribution is 0.0696. The number of carbonyl (C=O) groups is 1. The Kier molecular flexibility index (Phi) is 4.64. The lowest BCUT2D eigenvalue weighted by Gasteiger charge is -2.29. The molecule has 0 amide bonds. The van der Waals surface area contributed by atoms with Crippen LogP contribution in [0.5, 0.6) is 0 Å². The minimum absolute atomic E-state index is 0.116. The maximum Gasteiger partial charge on any atom is 0.337 e. The smallest absolute Gasteiger partial charge is 0.337 e. The minimum Gasteiger partial charge on any atom is -0.478 e. The third-order valence-corrected chi connectivity index (χ3v) is 4.08. The van der Waals surface area contributed by atoms with Crippen molar-refractivity contribution in [1.82, 2.24) is 4.98 Å². The number of hydrogen-bond acceptors (Lipinski definition) is 3. The largest absolute Gasteiger partial charge is 0.478 e. The van der Waals surface area contributed by atoms with Crippen LogP contribution in [-0.2, 0) is 0 Å². The summed E-state index contributed by atoms with van der Waals surface area (Å²) in [5.74, 6) is 0.349. The van der Waals surface area contributed by atoms with Gasteiger partial charge >= 0.3 is 5.97 Å². The van der Waals surface area contributed by atoms with Gasteiger partial charge in [-0.25, -0.2) is 9.78 Å². The van der Waals surface area contributed by atoms with Gasteiger partial charge in [-0.2, -0.15) is 0 Å². The minimum atomic E-state index is -1.01. The zero-order chi connectivity index (χ0) is 13.8. The van der Waals surface area contributed by atoms with Crippen molar-refractivity contribution < 1.29 is 9.90 Å². The van der Waals surface area contributed by atoms with Crippen LogP contribution in [0.3, 0.4) is 0 Å². The molecule has 5 heteroatoms. The lowest BCUT2D eigenvalue weighted by atomic mass is 9.84. The summed E-state index contributed by atoms with van der Waals surface area (Å²) < 4.78 is 0. The normalized spacial score (nSPS) is 23.1. The Morgan fingerprint density at radius 2 is 2.37 bits per heavy atom. The number of halogens is 1. The van der Waals surface area contributed by atoms with E-state index < -0.39 is 5.97 Å². The standard InChI is InChI=1S/C14H19ClN2O2/c1-2-9-4-3-5-11(6-9)17-13-12(15)7-10(8-16-13)14(18)19/h7-9,11H,2-6H2,1H3,(H,16,17)(H,18,19). The van der Waals surface area contributed by atoms with E-state index >= 15 is 0 Å². The van der Waals surface area contributed by atoms with Gasteiger partial charge in [0.15, 0.2) is 0 Å². The van der Waals surface area contributed by atoms with Crippen molar-refractivity contribution in [2.45, 2.75) is 45.1 Å². The van der Waals surface area contributed by atoms with Gasteiger partial charge in [0.25, 0.3) is 0 Å². The van der Waals surface area contributed by atoms with E-state index in [1.54, 1.807) is 0 Å². The molecule has 1 aliphatic rings. The third-order valence-electron chi connectivity index (χ3n) is 3.79. The fraction of sp³-hybridized carbons (Fsp3) is 0.571. The molecule has 19 heavy (non-hydrogen) atoms. The monoisotopic (exact) mass is 282 g/mol. The van der Waals surface area contributed by atoms with Crippen molar-refractivity contribution in [2.24, 2.45) is 5.92 Å². The van der Waals surface area contributed by atoms with Crippen LogP contribution in [-0.4, -0.2) is 22.1 Å². The molecule has 0 radical (unpaired) electrons. The van der Waals surface area contributed by atoms with Crippen molar-refractivity contribution in [2.75, 3.05) is 5.32 Å². The maximum atomic E-state index is 10.8. The Morgan fingerprint density at radius 3 is 3.00 bits per heavy atom. The lowest BCUT2D eigenvalue weighted by Crippen LogP contribution is -2.27. The molecule has 4 nitrogen and oxygen atoms in total. The van der Waals surface area contributed by atoms with E-state index in [1.165, 1.54) is 31.5 Å². The molecule has 0 spiro atoms. The van der Waals surface area contributed by atoms with Crippen LogP contribution in [0.1, 0.15) is 49.4 Å². The molecule has 1 aromatic rings. The van der Waals surface area contributed by atoms with Crippen LogP contribution in [0, 0.1) is 5.92 Å². The summed E-state index contributed by atoms with van der Waals surface area (Å²) in [6, 6.07) is 1.83. The molecule has 2 unspecified atom stereocenters. The molecule has 1 saturated carbocycles. The van der Waals surface area contributed by atoms with Gasteiger partial charge in [-0.15, -0.1) is 0 Å². The van der Waals surface area contributed by atoms with Crippen molar-refractivity contribution in [3.8, 4) is 0 Å². The number of hydrogen-bond donors (Lipinski definition) is 2. The van der Waals surface area contributed by atoms with E-state index in [0.29, 0.717) is 16.9 Å². The van der Waals surface area contributed by atoms with E-state index in [-0.39, 0.29) is 5.56 Å². The number of pyridine rings is 1. The molecule has 0 aliphatic heterocycles. The highest BCUT2D eigenvalue weighted by Crippen LogP contribution is 2.30. The summed E-state index contributed by atoms with van der Waals surface area (Å²) >= 11 is 6.07. The van der Waals surface area contributed by atoms with Crippen LogP contribution in [0.25, 0.3) is 0 Å². The average molecular weight is 283 g/mol. The fourth-order valence-corrected chi connectivity index (χ4v) is 2.87. The summed E-state index contributed by atoms with van der Waals surface area (Å²) in [5, 5.41) is 12.6. The second-order valence-electron chi connectivity index (χ2n) is 5.14. The van der Waals surface area contributed by atoms with Gasteiger partial charge < -0.3 is 10.4 Å². The highest BCUT2D eigenvalue weighted by molar-refractivity contribution is 6.33. The molecule has 2 rings (SSSR count). The molecular formula is C14H19ClN2O2. The van der Waals surface area contributed by atoms with Gasteiger partial charge in [0, 0.05) is 12.2 Å². The van der Waals surface area contributed by atoms with Crippen molar-refractivity contribution in [1.29, 1.82) is 0 Å². The van der Waals surface area contributed by atoms with Crippen molar-refractivity contribution in [3.05, 3.63) is 22.8 Å². The van der Waals surface area contributed by atoms with E-state index in [1.807, 2.05) is 0 Å². The number of carboxylic acids is 1. The number of aromatic carboxylic acids is 1. The van der Waals surface area contributed by atoms with Gasteiger partial charge in [0.05, 0.1) is 10.6 Å². The predicted molar refractivity (Wildman–Crippen MR) is 75.9 cm³/mol. The zero-order valence-corrected chi connectivity index (χ0v) is 11.8. The highest BCUT2D eigenvalue weighted by atomic mass is 35.5. The quantitative estimate of drug-likeness (QED) is 0.881. The molecule has 2 N–H and O–H groups in total. The second kappa shape index (κ2) is 6.24. The first-order valence-electron chi connectivity index (χ1n) is 6.75. The summed E-state index contributed by atoms with van der Waals surface area (Å²) in [6.45, 7) is 2.22. The third kappa shape index (κ3) is 3.60. The Hall–Kier alpha value is -1.29. The maximum absolute atomic E-state index is 10.8. The van der Waals surface area contributed by atoms with Crippen LogP contribution in [0.15, 0.2) is 12.3 Å². The fourth-order valence-electron chi connectivity index (χ4n) is 2.65. The first-order chi connectivity index (χ1) is 9.10. The topological polar surface area (TPSA) is 62.2 Å². The first kappa shape index (κ1) is 14.1. The summed E-state index contributed by atoms with van der Waals surface area (Å²) in [7, 11) is 0. The Labute approximate surface area is 118 Å². The SMILES string of the molecule is CCC1CCCC(Nc2ncc(C(=O)O)cc2Cl)C1. The van der Waals surface area contributed by atoms with Gasteiger partial charge in [0.2, 0.25) is 0 Å². The second-order valence-corrected chi connectivity index (χ2v) is 5.55. The molecular weight excluding hydrogens is 264 g/mol. The molecule has 104 valence electrons. The van der Waals surface area contributed by atoms with Crippen LogP contribution in [0.4, 0.5) is 5.82 Å². The van der Waals surface area contributed by atoms with E-state index in [4.69, 9.17) is 16.7 Å². The van der Waals surface area contributed by atoms with Gasteiger partial charge in [-0.1, -0.05) is 37.8 Å². The van der Waals surface area contributed by atoms with Gasteiger partial charge in [0.1, 0.15) is 5.82 Å². The molecule has 0 aromatic carbocycles. The first-order valence-corrected chi connectivity index (χ1v) is 7.13. The summed E-state index contributed by atoms with van der Waals surface area (Å²) in [4.78, 5) is 14.9. The number of rotatable bonds is 4. The highest BCUT2D eigenvalue weighted by Gasteiger charge is 2.21. The summed E-state index contributed by atoms with van der Waals surface area (Å²) in [6.07, 6.45) is 7.33. The number of anilines is 1. The van der Waals surface area contributed by atoms with Gasteiger partial charge in [-0.05, 0) is 24.8 Å². The molecule has 2 atom stereocenters. The van der Waals surface area contributed by atoms with E-state index in [9.17, 15) is 4.79 Å². The zero-order valence-electron chi connectivity index (χ0n) is 11.0. The Bertz CT molecular complexity index is 465. The number of carboxylic acid groups (broad SMARTS) is 1. The summed E-state index contributed by atoms with van der Waals surface area (Å²) in [5.41, 5.74) is 0.116. The Balaban J connectivity index is 2.04.